The first-order chi connectivity index (χ1) is 20.1. The maximum absolute atomic E-state index is 11.9. The van der Waals surface area contributed by atoms with Gasteiger partial charge in [0.1, 0.15) is 0 Å². The zero-order valence-electron chi connectivity index (χ0n) is 22.4. The minimum Gasteiger partial charge on any atom is -0.369 e. The van der Waals surface area contributed by atoms with E-state index in [2.05, 4.69) is 28.6 Å². The van der Waals surface area contributed by atoms with Gasteiger partial charge in [0.15, 0.2) is 11.2 Å². The molecule has 7 rings (SSSR count). The van der Waals surface area contributed by atoms with Crippen LogP contribution in [0.4, 0.5) is 5.69 Å². The summed E-state index contributed by atoms with van der Waals surface area (Å²) < 4.78 is 0. The predicted octanol–water partition coefficient (Wildman–Crippen LogP) is 6.33. The molecule has 2 aliphatic carbocycles. The van der Waals surface area contributed by atoms with E-state index in [1.54, 1.807) is 0 Å². The summed E-state index contributed by atoms with van der Waals surface area (Å²) in [6, 6.07) is 41.6. The standard InChI is InChI=1S/C38H27NO2/c40-37(33-20-8-4-16-29(33)30-17-5-9-21-34(30)37)24-12-26-39(28-14-2-1-3-15-28)27-13-25-38(41)35-22-10-6-18-31(35)32-19-7-11-23-36(32)38/h1-11,14-23,40-41H,26-27H2. The molecule has 0 spiro atoms. The van der Waals surface area contributed by atoms with Crippen LogP contribution in [0.5, 0.6) is 0 Å². The van der Waals surface area contributed by atoms with Crippen molar-refractivity contribution in [2.45, 2.75) is 11.2 Å². The zero-order chi connectivity index (χ0) is 27.9. The van der Waals surface area contributed by atoms with Crippen molar-refractivity contribution in [2.75, 3.05) is 18.0 Å². The first-order valence-corrected chi connectivity index (χ1v) is 13.7. The molecule has 0 radical (unpaired) electrons. The highest BCUT2D eigenvalue weighted by Crippen LogP contribution is 2.48. The molecule has 0 aromatic heterocycles. The van der Waals surface area contributed by atoms with Crippen LogP contribution in [-0.2, 0) is 11.2 Å². The average molecular weight is 530 g/mol. The smallest absolute Gasteiger partial charge is 0.178 e. The normalized spacial score (nSPS) is 14.3. The molecule has 5 aromatic rings. The molecular formula is C38H27NO2. The van der Waals surface area contributed by atoms with E-state index in [4.69, 9.17) is 0 Å². The number of benzene rings is 5. The van der Waals surface area contributed by atoms with Gasteiger partial charge >= 0.3 is 0 Å². The highest BCUT2D eigenvalue weighted by Gasteiger charge is 2.41. The largest absolute Gasteiger partial charge is 0.369 e. The molecule has 3 nitrogen and oxygen atoms in total. The molecule has 2 N–H and O–H groups in total. The summed E-state index contributed by atoms with van der Waals surface area (Å²) in [6.07, 6.45) is 0. The van der Waals surface area contributed by atoms with Crippen molar-refractivity contribution in [2.24, 2.45) is 0 Å². The Kier molecular flexibility index (Phi) is 5.99. The van der Waals surface area contributed by atoms with Crippen LogP contribution < -0.4 is 4.90 Å². The lowest BCUT2D eigenvalue weighted by atomic mass is 9.92. The maximum Gasteiger partial charge on any atom is 0.178 e. The minimum absolute atomic E-state index is 0.358. The second-order valence-corrected chi connectivity index (χ2v) is 10.4. The number of fused-ring (bicyclic) bond motifs is 6. The van der Waals surface area contributed by atoms with E-state index in [1.807, 2.05) is 127 Å². The van der Waals surface area contributed by atoms with E-state index in [1.165, 1.54) is 0 Å². The fraction of sp³-hybridized carbons (Fsp3) is 0.105. The van der Waals surface area contributed by atoms with Gasteiger partial charge in [-0.15, -0.1) is 0 Å². The number of nitrogens with zero attached hydrogens (tertiary/aromatic N) is 1. The summed E-state index contributed by atoms with van der Waals surface area (Å²) in [5.74, 6) is 12.9. The Balaban J connectivity index is 1.22. The van der Waals surface area contributed by atoms with E-state index in [9.17, 15) is 10.2 Å². The number of para-hydroxylation sites is 1. The monoisotopic (exact) mass is 529 g/mol. The van der Waals surface area contributed by atoms with Crippen molar-refractivity contribution in [1.82, 2.24) is 0 Å². The van der Waals surface area contributed by atoms with Gasteiger partial charge in [0, 0.05) is 27.9 Å². The van der Waals surface area contributed by atoms with E-state index in [0.717, 1.165) is 50.2 Å². The van der Waals surface area contributed by atoms with Crippen LogP contribution in [0.25, 0.3) is 22.3 Å². The number of rotatable bonds is 3. The van der Waals surface area contributed by atoms with Gasteiger partial charge in [-0.1, -0.05) is 139 Å². The Bertz CT molecular complexity index is 1690. The van der Waals surface area contributed by atoms with Crippen LogP contribution in [0.15, 0.2) is 127 Å². The molecule has 0 bridgehead atoms. The van der Waals surface area contributed by atoms with Crippen molar-refractivity contribution < 1.29 is 10.2 Å². The van der Waals surface area contributed by atoms with Crippen LogP contribution in [0, 0.1) is 23.7 Å². The van der Waals surface area contributed by atoms with Gasteiger partial charge < -0.3 is 15.1 Å². The third-order valence-corrected chi connectivity index (χ3v) is 8.05. The molecule has 0 unspecified atom stereocenters. The fourth-order valence-corrected chi connectivity index (χ4v) is 6.10. The second-order valence-electron chi connectivity index (χ2n) is 10.4. The van der Waals surface area contributed by atoms with Gasteiger partial charge in [0.25, 0.3) is 0 Å². The van der Waals surface area contributed by atoms with E-state index >= 15 is 0 Å². The van der Waals surface area contributed by atoms with E-state index in [0.29, 0.717) is 13.1 Å². The number of hydrogen-bond donors (Lipinski definition) is 2. The molecule has 3 heteroatoms. The van der Waals surface area contributed by atoms with Crippen LogP contribution >= 0.6 is 0 Å². The maximum atomic E-state index is 11.9. The van der Waals surface area contributed by atoms with Gasteiger partial charge in [0.2, 0.25) is 0 Å². The Morgan fingerprint density at radius 2 is 0.756 bits per heavy atom. The van der Waals surface area contributed by atoms with Crippen LogP contribution in [0.2, 0.25) is 0 Å². The molecule has 0 aliphatic heterocycles. The van der Waals surface area contributed by atoms with Crippen LogP contribution in [-0.4, -0.2) is 23.3 Å². The van der Waals surface area contributed by atoms with Gasteiger partial charge in [-0.05, 0) is 34.4 Å². The topological polar surface area (TPSA) is 43.7 Å². The predicted molar refractivity (Wildman–Crippen MR) is 164 cm³/mol. The van der Waals surface area contributed by atoms with Gasteiger partial charge in [-0.2, -0.15) is 0 Å². The summed E-state index contributed by atoms with van der Waals surface area (Å²) in [4.78, 5) is 2.06. The van der Waals surface area contributed by atoms with Gasteiger partial charge in [-0.3, -0.25) is 0 Å². The molecule has 2 aliphatic rings. The number of anilines is 1. The highest BCUT2D eigenvalue weighted by molar-refractivity contribution is 5.83. The summed E-state index contributed by atoms with van der Waals surface area (Å²) >= 11 is 0. The van der Waals surface area contributed by atoms with Crippen molar-refractivity contribution >= 4 is 5.69 Å². The number of hydrogen-bond acceptors (Lipinski definition) is 3. The molecule has 0 saturated carbocycles. The minimum atomic E-state index is -1.38. The lowest BCUT2D eigenvalue weighted by molar-refractivity contribution is 0.150. The summed E-state index contributed by atoms with van der Waals surface area (Å²) in [5, 5.41) is 23.7. The highest BCUT2D eigenvalue weighted by atomic mass is 16.3. The van der Waals surface area contributed by atoms with E-state index in [-0.39, 0.29) is 0 Å². The van der Waals surface area contributed by atoms with Crippen molar-refractivity contribution in [1.29, 1.82) is 0 Å². The molecule has 0 amide bonds. The molecule has 0 heterocycles. The first-order valence-electron chi connectivity index (χ1n) is 13.7. The van der Waals surface area contributed by atoms with Crippen molar-refractivity contribution in [3.05, 3.63) is 150 Å². The first kappa shape index (κ1) is 24.9. The summed E-state index contributed by atoms with van der Waals surface area (Å²) in [7, 11) is 0. The van der Waals surface area contributed by atoms with Crippen molar-refractivity contribution in [3.8, 4) is 45.9 Å². The number of aliphatic hydroxyl groups is 2. The van der Waals surface area contributed by atoms with Crippen molar-refractivity contribution in [3.63, 3.8) is 0 Å². The lowest BCUT2D eigenvalue weighted by Crippen LogP contribution is -2.27. The lowest BCUT2D eigenvalue weighted by Gasteiger charge is -2.22. The Labute approximate surface area is 240 Å². The Hall–Kier alpha value is -5.06. The third-order valence-electron chi connectivity index (χ3n) is 8.05. The fourth-order valence-electron chi connectivity index (χ4n) is 6.10. The summed E-state index contributed by atoms with van der Waals surface area (Å²) in [6.45, 7) is 0.716. The molecule has 196 valence electrons. The summed E-state index contributed by atoms with van der Waals surface area (Å²) in [5.41, 5.74) is 5.47. The Morgan fingerprint density at radius 1 is 0.439 bits per heavy atom. The molecule has 0 atom stereocenters. The SMILES string of the molecule is OC1(C#CCN(CC#CC2(O)c3ccccc3-c3ccccc32)c2ccccc2)c2ccccc2-c2ccccc21. The molecule has 0 saturated heterocycles. The molecule has 5 aromatic carbocycles. The van der Waals surface area contributed by atoms with Crippen LogP contribution in [0.3, 0.4) is 0 Å². The molecule has 41 heavy (non-hydrogen) atoms. The molecular weight excluding hydrogens is 502 g/mol. The zero-order valence-corrected chi connectivity index (χ0v) is 22.4. The second kappa shape index (κ2) is 9.84. The van der Waals surface area contributed by atoms with Gasteiger partial charge in [0.05, 0.1) is 13.1 Å². The molecule has 0 fully saturated rings. The third kappa shape index (κ3) is 4.03. The average Bonchev–Trinajstić information content (AvgIpc) is 3.44. The Morgan fingerprint density at radius 3 is 1.12 bits per heavy atom. The van der Waals surface area contributed by atoms with Gasteiger partial charge in [-0.25, -0.2) is 0 Å². The van der Waals surface area contributed by atoms with E-state index < -0.39 is 11.2 Å². The van der Waals surface area contributed by atoms with Crippen LogP contribution in [0.1, 0.15) is 22.3 Å². The quantitative estimate of drug-likeness (QED) is 0.268.